The zero-order valence-electron chi connectivity index (χ0n) is 12.8. The third kappa shape index (κ3) is 3.92. The van der Waals surface area contributed by atoms with Crippen molar-refractivity contribution in [3.63, 3.8) is 0 Å². The fraction of sp³-hybridized carbons (Fsp3) is 0.357. The van der Waals surface area contributed by atoms with Crippen molar-refractivity contribution >= 4 is 21.8 Å². The first-order valence-electron chi connectivity index (χ1n) is 6.78. The number of aromatic nitrogens is 3. The quantitative estimate of drug-likeness (QED) is 0.758. The molecule has 0 aliphatic heterocycles. The second kappa shape index (κ2) is 7.32. The highest BCUT2D eigenvalue weighted by molar-refractivity contribution is 9.10. The Morgan fingerprint density at radius 1 is 1.30 bits per heavy atom. The molecule has 1 aromatic heterocycles. The van der Waals surface area contributed by atoms with Crippen LogP contribution >= 0.6 is 15.9 Å². The van der Waals surface area contributed by atoms with Crippen LogP contribution in [0.2, 0.25) is 0 Å². The maximum Gasteiger partial charge on any atom is 0.346 e. The van der Waals surface area contributed by atoms with Crippen LogP contribution in [0, 0.1) is 0 Å². The standard InChI is InChI=1S/C14H17BrN4O4/c1-22-10-4-3-9(7-11(10)23-2)8-19-14(21)18(13(15)17-19)6-5-12(16)20/h3-4,7H,5-6,8H2,1-2H3,(H2,16,20). The smallest absolute Gasteiger partial charge is 0.346 e. The topological polar surface area (TPSA) is 101 Å². The largest absolute Gasteiger partial charge is 0.493 e. The van der Waals surface area contributed by atoms with Gasteiger partial charge in [-0.1, -0.05) is 6.07 Å². The Labute approximate surface area is 140 Å². The number of carbonyl (C=O) groups excluding carboxylic acids is 1. The molecule has 0 radical (unpaired) electrons. The molecule has 23 heavy (non-hydrogen) atoms. The number of amides is 1. The van der Waals surface area contributed by atoms with Crippen LogP contribution in [0.4, 0.5) is 0 Å². The highest BCUT2D eigenvalue weighted by Crippen LogP contribution is 2.27. The number of benzene rings is 1. The van der Waals surface area contributed by atoms with E-state index in [4.69, 9.17) is 15.2 Å². The van der Waals surface area contributed by atoms with Crippen LogP contribution in [0.3, 0.4) is 0 Å². The molecule has 2 N–H and O–H groups in total. The summed E-state index contributed by atoms with van der Waals surface area (Å²) in [5.41, 5.74) is 5.61. The second-order valence-corrected chi connectivity index (χ2v) is 5.48. The number of primary amides is 1. The van der Waals surface area contributed by atoms with Crippen molar-refractivity contribution in [2.75, 3.05) is 14.2 Å². The van der Waals surface area contributed by atoms with E-state index in [1.54, 1.807) is 26.4 Å². The van der Waals surface area contributed by atoms with Gasteiger partial charge in [-0.2, -0.15) is 0 Å². The molecule has 1 heterocycles. The summed E-state index contributed by atoms with van der Waals surface area (Å²) < 4.78 is 13.4. The number of hydrogen-bond donors (Lipinski definition) is 1. The number of halogens is 1. The summed E-state index contributed by atoms with van der Waals surface area (Å²) in [5, 5.41) is 4.14. The molecule has 0 atom stereocenters. The molecule has 1 amide bonds. The summed E-state index contributed by atoms with van der Waals surface area (Å²) in [7, 11) is 3.10. The highest BCUT2D eigenvalue weighted by Gasteiger charge is 2.13. The van der Waals surface area contributed by atoms with Crippen molar-refractivity contribution in [2.24, 2.45) is 5.73 Å². The van der Waals surface area contributed by atoms with Crippen molar-refractivity contribution < 1.29 is 14.3 Å². The van der Waals surface area contributed by atoms with Crippen LogP contribution in [-0.4, -0.2) is 34.5 Å². The Morgan fingerprint density at radius 3 is 2.61 bits per heavy atom. The monoisotopic (exact) mass is 384 g/mol. The number of methoxy groups -OCH3 is 2. The second-order valence-electron chi connectivity index (χ2n) is 4.77. The van der Waals surface area contributed by atoms with Crippen molar-refractivity contribution in [3.8, 4) is 11.5 Å². The summed E-state index contributed by atoms with van der Waals surface area (Å²) in [6.07, 6.45) is 0.0700. The molecule has 0 spiro atoms. The Morgan fingerprint density at radius 2 is 2.00 bits per heavy atom. The molecule has 2 aromatic rings. The van der Waals surface area contributed by atoms with Crippen LogP contribution in [-0.2, 0) is 17.9 Å². The Balaban J connectivity index is 2.25. The van der Waals surface area contributed by atoms with Gasteiger partial charge in [0.15, 0.2) is 11.5 Å². The van der Waals surface area contributed by atoms with E-state index in [1.807, 2.05) is 6.07 Å². The van der Waals surface area contributed by atoms with Crippen LogP contribution in [0.25, 0.3) is 0 Å². The average Bonchev–Trinajstić information content (AvgIpc) is 2.79. The maximum absolute atomic E-state index is 12.3. The normalized spacial score (nSPS) is 10.6. The minimum atomic E-state index is -0.476. The zero-order chi connectivity index (χ0) is 17.0. The number of hydrogen-bond acceptors (Lipinski definition) is 5. The zero-order valence-corrected chi connectivity index (χ0v) is 14.4. The van der Waals surface area contributed by atoms with Gasteiger partial charge in [-0.05, 0) is 33.6 Å². The van der Waals surface area contributed by atoms with E-state index in [0.717, 1.165) is 5.56 Å². The van der Waals surface area contributed by atoms with Gasteiger partial charge < -0.3 is 15.2 Å². The fourth-order valence-corrected chi connectivity index (χ4v) is 2.60. The molecule has 1 aromatic carbocycles. The molecule has 8 nitrogen and oxygen atoms in total. The Hall–Kier alpha value is -2.29. The fourth-order valence-electron chi connectivity index (χ4n) is 2.08. The van der Waals surface area contributed by atoms with Crippen molar-refractivity contribution in [2.45, 2.75) is 19.5 Å². The summed E-state index contributed by atoms with van der Waals surface area (Å²) in [5.74, 6) is 0.707. The third-order valence-corrected chi connectivity index (χ3v) is 3.83. The minimum absolute atomic E-state index is 0.0700. The molecule has 9 heteroatoms. The van der Waals surface area contributed by atoms with E-state index >= 15 is 0 Å². The number of ether oxygens (including phenoxy) is 2. The lowest BCUT2D eigenvalue weighted by molar-refractivity contribution is -0.118. The molecule has 124 valence electrons. The highest BCUT2D eigenvalue weighted by atomic mass is 79.9. The van der Waals surface area contributed by atoms with E-state index in [2.05, 4.69) is 21.0 Å². The molecule has 0 unspecified atom stereocenters. The molecule has 0 saturated heterocycles. The third-order valence-electron chi connectivity index (χ3n) is 3.24. The van der Waals surface area contributed by atoms with Gasteiger partial charge in [0.05, 0.1) is 20.8 Å². The lowest BCUT2D eigenvalue weighted by Crippen LogP contribution is -2.27. The first kappa shape index (κ1) is 17.1. The van der Waals surface area contributed by atoms with Crippen molar-refractivity contribution in [3.05, 3.63) is 39.0 Å². The van der Waals surface area contributed by atoms with Gasteiger partial charge in [-0.25, -0.2) is 9.48 Å². The van der Waals surface area contributed by atoms with E-state index < -0.39 is 5.91 Å². The molecule has 2 rings (SSSR count). The Kier molecular flexibility index (Phi) is 5.43. The molecule has 0 bridgehead atoms. The van der Waals surface area contributed by atoms with Gasteiger partial charge in [0.1, 0.15) is 0 Å². The molecular weight excluding hydrogens is 368 g/mol. The molecule has 0 aliphatic rings. The molecule has 0 fully saturated rings. The van der Waals surface area contributed by atoms with Crippen LogP contribution < -0.4 is 20.9 Å². The molecule has 0 aliphatic carbocycles. The van der Waals surface area contributed by atoms with E-state index in [1.165, 1.54) is 9.25 Å². The lowest BCUT2D eigenvalue weighted by atomic mass is 10.2. The van der Waals surface area contributed by atoms with Crippen molar-refractivity contribution in [1.82, 2.24) is 14.3 Å². The number of nitrogens with two attached hydrogens (primary N) is 1. The minimum Gasteiger partial charge on any atom is -0.493 e. The Bertz CT molecular complexity index is 769. The molecule has 0 saturated carbocycles. The first-order chi connectivity index (χ1) is 11.0. The van der Waals surface area contributed by atoms with E-state index in [9.17, 15) is 9.59 Å². The maximum atomic E-state index is 12.3. The van der Waals surface area contributed by atoms with Gasteiger partial charge in [-0.3, -0.25) is 9.36 Å². The number of nitrogens with zero attached hydrogens (tertiary/aromatic N) is 3. The predicted octanol–water partition coefficient (Wildman–Crippen LogP) is 0.748. The lowest BCUT2D eigenvalue weighted by Gasteiger charge is -2.09. The van der Waals surface area contributed by atoms with E-state index in [-0.39, 0.29) is 25.2 Å². The van der Waals surface area contributed by atoms with Crippen molar-refractivity contribution in [1.29, 1.82) is 0 Å². The van der Waals surface area contributed by atoms with Gasteiger partial charge in [0.25, 0.3) is 0 Å². The number of rotatable bonds is 7. The summed E-state index contributed by atoms with van der Waals surface area (Å²) in [4.78, 5) is 23.2. The van der Waals surface area contributed by atoms with Gasteiger partial charge in [0.2, 0.25) is 10.6 Å². The van der Waals surface area contributed by atoms with Crippen LogP contribution in [0.1, 0.15) is 12.0 Å². The van der Waals surface area contributed by atoms with Gasteiger partial charge in [-0.15, -0.1) is 5.10 Å². The SMILES string of the molecule is COc1ccc(Cn2nc(Br)n(CCC(N)=O)c2=O)cc1OC. The first-order valence-corrected chi connectivity index (χ1v) is 7.58. The predicted molar refractivity (Wildman–Crippen MR) is 86.6 cm³/mol. The van der Waals surface area contributed by atoms with Gasteiger partial charge in [0, 0.05) is 13.0 Å². The summed E-state index contributed by atoms with van der Waals surface area (Å²) in [6, 6.07) is 5.37. The summed E-state index contributed by atoms with van der Waals surface area (Å²) >= 11 is 3.22. The number of carbonyl (C=O) groups is 1. The van der Waals surface area contributed by atoms with Crippen LogP contribution in [0.15, 0.2) is 27.7 Å². The molecular formula is C14H17BrN4O4. The van der Waals surface area contributed by atoms with Crippen LogP contribution in [0.5, 0.6) is 11.5 Å². The van der Waals surface area contributed by atoms with Gasteiger partial charge >= 0.3 is 5.69 Å². The average molecular weight is 385 g/mol. The van der Waals surface area contributed by atoms with E-state index in [0.29, 0.717) is 16.2 Å². The summed E-state index contributed by atoms with van der Waals surface area (Å²) in [6.45, 7) is 0.446.